The van der Waals surface area contributed by atoms with E-state index in [0.29, 0.717) is 19.4 Å². The van der Waals surface area contributed by atoms with Gasteiger partial charge < -0.3 is 24.8 Å². The molecule has 8 nitrogen and oxygen atoms in total. The molecule has 1 saturated heterocycles. The largest absolute Gasteiger partial charge is 0.480 e. The summed E-state index contributed by atoms with van der Waals surface area (Å²) in [7, 11) is 0. The highest BCUT2D eigenvalue weighted by atomic mass is 19.3. The number of carboxylic acid groups (broad SMARTS) is 1. The lowest BCUT2D eigenvalue weighted by molar-refractivity contribution is -0.142. The summed E-state index contributed by atoms with van der Waals surface area (Å²) in [5.74, 6) is -2.33. The number of halogens is 2. The Bertz CT molecular complexity index is 685. The third-order valence-corrected chi connectivity index (χ3v) is 3.92. The molecule has 0 spiro atoms. The number of carboxylic acids is 1. The van der Waals surface area contributed by atoms with Gasteiger partial charge in [-0.1, -0.05) is 12.1 Å². The van der Waals surface area contributed by atoms with Crippen LogP contribution in [-0.2, 0) is 14.3 Å². The fourth-order valence-electron chi connectivity index (χ4n) is 2.80. The number of amides is 2. The predicted molar refractivity (Wildman–Crippen MR) is 88.6 cm³/mol. The molecule has 1 atom stereocenters. The van der Waals surface area contributed by atoms with E-state index in [-0.39, 0.29) is 24.5 Å². The molecule has 0 aromatic heterocycles. The zero-order chi connectivity index (χ0) is 19.8. The van der Waals surface area contributed by atoms with E-state index in [4.69, 9.17) is 9.84 Å². The molecule has 0 saturated carbocycles. The number of carbonyl (C=O) groups is 3. The molecule has 0 radical (unpaired) electrons. The number of nitrogens with zero attached hydrogens (tertiary/aromatic N) is 1. The van der Waals surface area contributed by atoms with Crippen molar-refractivity contribution in [3.63, 3.8) is 0 Å². The van der Waals surface area contributed by atoms with Gasteiger partial charge in [-0.25, -0.2) is 4.79 Å². The van der Waals surface area contributed by atoms with Gasteiger partial charge >= 0.3 is 12.6 Å². The summed E-state index contributed by atoms with van der Waals surface area (Å²) in [6, 6.07) is 4.89. The molecule has 1 fully saturated rings. The van der Waals surface area contributed by atoms with Crippen LogP contribution in [0.2, 0.25) is 0 Å². The van der Waals surface area contributed by atoms with Crippen LogP contribution in [0.1, 0.15) is 23.2 Å². The number of carbonyl (C=O) groups excluding carboxylic acids is 2. The lowest BCUT2D eigenvalue weighted by Crippen LogP contribution is -2.46. The summed E-state index contributed by atoms with van der Waals surface area (Å²) in [6.07, 6.45) is 1.03. The van der Waals surface area contributed by atoms with Gasteiger partial charge in [0.05, 0.1) is 12.2 Å². The van der Waals surface area contributed by atoms with Gasteiger partial charge in [0.2, 0.25) is 5.91 Å². The number of alkyl halides is 2. The standard InChI is InChI=1S/C17H20F2N2O6/c18-17(19)27-13-6-2-1-4-11(13)16(25)21-8-3-5-12(21)15(24)20-7-9-26-10-14(22)23/h1-2,4,6,12,17H,3,5,7-10H2,(H,20,24)(H,22,23). The molecule has 2 N–H and O–H groups in total. The molecule has 1 unspecified atom stereocenters. The van der Waals surface area contributed by atoms with Crippen molar-refractivity contribution in [2.75, 3.05) is 26.3 Å². The molecule has 148 valence electrons. The van der Waals surface area contributed by atoms with Crippen molar-refractivity contribution in [3.05, 3.63) is 29.8 Å². The number of nitrogens with one attached hydrogen (secondary N) is 1. The lowest BCUT2D eigenvalue weighted by Gasteiger charge is -2.25. The molecular weight excluding hydrogens is 366 g/mol. The zero-order valence-electron chi connectivity index (χ0n) is 14.4. The number of para-hydroxylation sites is 1. The van der Waals surface area contributed by atoms with Crippen LogP contribution < -0.4 is 10.1 Å². The van der Waals surface area contributed by atoms with Gasteiger partial charge in [0.15, 0.2) is 0 Å². The van der Waals surface area contributed by atoms with Crippen molar-refractivity contribution in [3.8, 4) is 5.75 Å². The molecule has 1 aliphatic heterocycles. The Balaban J connectivity index is 1.98. The molecule has 1 aliphatic rings. The fourth-order valence-corrected chi connectivity index (χ4v) is 2.80. The monoisotopic (exact) mass is 386 g/mol. The van der Waals surface area contributed by atoms with E-state index in [1.807, 2.05) is 0 Å². The topological polar surface area (TPSA) is 105 Å². The Labute approximate surface area is 154 Å². The summed E-state index contributed by atoms with van der Waals surface area (Å²) in [5.41, 5.74) is -0.0395. The summed E-state index contributed by atoms with van der Waals surface area (Å²) in [5, 5.41) is 11.0. The lowest BCUT2D eigenvalue weighted by atomic mass is 10.1. The number of aliphatic carboxylic acids is 1. The number of benzene rings is 1. The minimum atomic E-state index is -3.07. The molecular formula is C17H20F2N2O6. The molecule has 2 amide bonds. The average molecular weight is 386 g/mol. The van der Waals surface area contributed by atoms with Crippen LogP contribution in [0, 0.1) is 0 Å². The number of likely N-dealkylation sites (tertiary alicyclic amines) is 1. The van der Waals surface area contributed by atoms with Gasteiger partial charge in [-0.2, -0.15) is 8.78 Å². The third-order valence-electron chi connectivity index (χ3n) is 3.92. The van der Waals surface area contributed by atoms with Gasteiger partial charge in [-0.15, -0.1) is 0 Å². The summed E-state index contributed by atoms with van der Waals surface area (Å²) in [6.45, 7) is -3.11. The third kappa shape index (κ3) is 5.88. The van der Waals surface area contributed by atoms with E-state index < -0.39 is 37.0 Å². The maximum Gasteiger partial charge on any atom is 0.387 e. The van der Waals surface area contributed by atoms with E-state index >= 15 is 0 Å². The SMILES string of the molecule is O=C(O)COCCNC(=O)C1CCCN1C(=O)c1ccccc1OC(F)F. The normalized spacial score (nSPS) is 16.4. The number of ether oxygens (including phenoxy) is 2. The highest BCUT2D eigenvalue weighted by Gasteiger charge is 2.35. The Hall–Kier alpha value is -2.75. The van der Waals surface area contributed by atoms with E-state index in [9.17, 15) is 23.2 Å². The van der Waals surface area contributed by atoms with Crippen LogP contribution in [0.4, 0.5) is 8.78 Å². The van der Waals surface area contributed by atoms with Crippen LogP contribution in [0.25, 0.3) is 0 Å². The smallest absolute Gasteiger partial charge is 0.387 e. The average Bonchev–Trinajstić information content (AvgIpc) is 3.10. The van der Waals surface area contributed by atoms with Crippen LogP contribution in [-0.4, -0.2) is 66.7 Å². The zero-order valence-corrected chi connectivity index (χ0v) is 14.4. The fraction of sp³-hybridized carbons (Fsp3) is 0.471. The molecule has 10 heteroatoms. The predicted octanol–water partition coefficient (Wildman–Crippen LogP) is 1.11. The first-order valence-corrected chi connectivity index (χ1v) is 8.32. The van der Waals surface area contributed by atoms with Gasteiger partial charge in [-0.05, 0) is 25.0 Å². The molecule has 0 bridgehead atoms. The van der Waals surface area contributed by atoms with Crippen LogP contribution in [0.3, 0.4) is 0 Å². The van der Waals surface area contributed by atoms with Crippen LogP contribution in [0.15, 0.2) is 24.3 Å². The van der Waals surface area contributed by atoms with Gasteiger partial charge in [0, 0.05) is 13.1 Å². The maximum atomic E-state index is 12.7. The molecule has 1 aromatic rings. The highest BCUT2D eigenvalue weighted by molar-refractivity contribution is 6.00. The quantitative estimate of drug-likeness (QED) is 0.616. The summed E-state index contributed by atoms with van der Waals surface area (Å²) >= 11 is 0. The van der Waals surface area contributed by atoms with Gasteiger partial charge in [0.1, 0.15) is 18.4 Å². The second kappa shape index (κ2) is 9.81. The highest BCUT2D eigenvalue weighted by Crippen LogP contribution is 2.26. The second-order valence-corrected chi connectivity index (χ2v) is 5.77. The first-order chi connectivity index (χ1) is 12.9. The van der Waals surface area contributed by atoms with Crippen LogP contribution in [0.5, 0.6) is 5.75 Å². The summed E-state index contributed by atoms with van der Waals surface area (Å²) < 4.78 is 34.3. The molecule has 1 heterocycles. The Morgan fingerprint density at radius 3 is 2.74 bits per heavy atom. The van der Waals surface area contributed by atoms with Crippen molar-refractivity contribution in [1.29, 1.82) is 0 Å². The maximum absolute atomic E-state index is 12.7. The molecule has 0 aliphatic carbocycles. The molecule has 27 heavy (non-hydrogen) atoms. The number of hydrogen-bond donors (Lipinski definition) is 2. The van der Waals surface area contributed by atoms with E-state index in [2.05, 4.69) is 10.1 Å². The van der Waals surface area contributed by atoms with Gasteiger partial charge in [0.25, 0.3) is 5.91 Å². The second-order valence-electron chi connectivity index (χ2n) is 5.77. The Morgan fingerprint density at radius 1 is 1.30 bits per heavy atom. The van der Waals surface area contributed by atoms with Crippen molar-refractivity contribution in [2.24, 2.45) is 0 Å². The van der Waals surface area contributed by atoms with Crippen molar-refractivity contribution in [1.82, 2.24) is 10.2 Å². The van der Waals surface area contributed by atoms with Crippen LogP contribution >= 0.6 is 0 Å². The van der Waals surface area contributed by atoms with E-state index in [0.717, 1.165) is 0 Å². The minimum Gasteiger partial charge on any atom is -0.480 e. The van der Waals surface area contributed by atoms with Crippen molar-refractivity contribution >= 4 is 17.8 Å². The number of rotatable bonds is 9. The Morgan fingerprint density at radius 2 is 2.04 bits per heavy atom. The molecule has 1 aromatic carbocycles. The Kier molecular flexibility index (Phi) is 7.47. The van der Waals surface area contributed by atoms with E-state index in [1.54, 1.807) is 0 Å². The van der Waals surface area contributed by atoms with Gasteiger partial charge in [-0.3, -0.25) is 9.59 Å². The summed E-state index contributed by atoms with van der Waals surface area (Å²) in [4.78, 5) is 36.7. The van der Waals surface area contributed by atoms with E-state index in [1.165, 1.54) is 29.2 Å². The first-order valence-electron chi connectivity index (χ1n) is 8.32. The first kappa shape index (κ1) is 20.6. The number of hydrogen-bond acceptors (Lipinski definition) is 5. The molecule has 2 rings (SSSR count). The minimum absolute atomic E-state index is 0.0176. The van der Waals surface area contributed by atoms with Crippen molar-refractivity contribution in [2.45, 2.75) is 25.5 Å². The van der Waals surface area contributed by atoms with Crippen molar-refractivity contribution < 1.29 is 37.7 Å².